The first-order valence-electron chi connectivity index (χ1n) is 6.28. The minimum Gasteiger partial charge on any atom is -0.748 e. The van der Waals surface area contributed by atoms with E-state index in [0.29, 0.717) is 6.61 Å². The Morgan fingerprint density at radius 1 is 0.905 bits per heavy atom. The van der Waals surface area contributed by atoms with Gasteiger partial charge in [-0.05, 0) is 12.1 Å². The maximum atomic E-state index is 9.45. The van der Waals surface area contributed by atoms with Crippen LogP contribution < -0.4 is 4.74 Å². The molecule has 0 fully saturated rings. The molecule has 0 aliphatic rings. The van der Waals surface area contributed by atoms with Crippen LogP contribution in [0, 0.1) is 0 Å². The molecule has 0 aromatic heterocycles. The molecule has 0 heterocycles. The number of ether oxygens (including phenoxy) is 1. The molecular weight excluding hydrogens is 308 g/mol. The van der Waals surface area contributed by atoms with Crippen molar-refractivity contribution in [3.8, 4) is 17.2 Å². The summed E-state index contributed by atoms with van der Waals surface area (Å²) in [6.45, 7) is 0.379. The van der Waals surface area contributed by atoms with Gasteiger partial charge in [0.2, 0.25) is 0 Å². The van der Waals surface area contributed by atoms with E-state index in [9.17, 15) is 10.2 Å². The van der Waals surface area contributed by atoms with Gasteiger partial charge in [0, 0.05) is 17.1 Å². The average Bonchev–Trinajstić information content (AvgIpc) is 3.16. The number of benzene rings is 1. The summed E-state index contributed by atoms with van der Waals surface area (Å²) in [6, 6.07) is 22.3. The fourth-order valence-electron chi connectivity index (χ4n) is 1.62. The summed E-state index contributed by atoms with van der Waals surface area (Å²) in [7, 11) is 0. The molecule has 0 saturated heterocycles. The molecule has 3 rings (SSSR count). The Morgan fingerprint density at radius 3 is 2.05 bits per heavy atom. The molecule has 0 saturated carbocycles. The molecule has 0 atom stereocenters. The van der Waals surface area contributed by atoms with Crippen molar-refractivity contribution in [1.82, 2.24) is 0 Å². The van der Waals surface area contributed by atoms with Gasteiger partial charge in [-0.2, -0.15) is 12.1 Å². The molecule has 3 aromatic rings. The summed E-state index contributed by atoms with van der Waals surface area (Å²) in [5.41, 5.74) is 1.03. The Kier molecular flexibility index (Phi) is 7.16. The van der Waals surface area contributed by atoms with Gasteiger partial charge < -0.3 is 45.3 Å². The minimum absolute atomic E-state index is 0. The molecule has 0 amide bonds. The first-order chi connectivity index (χ1) is 9.77. The van der Waals surface area contributed by atoms with Crippen LogP contribution in [-0.2, 0) is 23.7 Å². The van der Waals surface area contributed by atoms with Crippen LogP contribution in [0.1, 0.15) is 5.56 Å². The van der Waals surface area contributed by atoms with Gasteiger partial charge >= 0.3 is 0 Å². The van der Waals surface area contributed by atoms with Crippen molar-refractivity contribution >= 4 is 0 Å². The summed E-state index contributed by atoms with van der Waals surface area (Å²) in [4.78, 5) is 0. The van der Waals surface area contributed by atoms with E-state index in [1.807, 2.05) is 54.6 Å². The van der Waals surface area contributed by atoms with Crippen molar-refractivity contribution in [2.24, 2.45) is 0 Å². The first kappa shape index (κ1) is 16.9. The summed E-state index contributed by atoms with van der Waals surface area (Å²) >= 11 is 0. The van der Waals surface area contributed by atoms with Gasteiger partial charge in [-0.3, -0.25) is 0 Å². The Bertz CT molecular complexity index is 584. The fourth-order valence-corrected chi connectivity index (χ4v) is 1.62. The molecule has 3 nitrogen and oxygen atoms in total. The molecule has 21 heavy (non-hydrogen) atoms. The number of hydrogen-bond donors (Lipinski definition) is 2. The molecule has 0 bridgehead atoms. The number of para-hydroxylation sites is 1. The van der Waals surface area contributed by atoms with E-state index in [2.05, 4.69) is 0 Å². The van der Waals surface area contributed by atoms with E-state index in [1.165, 1.54) is 6.07 Å². The van der Waals surface area contributed by atoms with Crippen molar-refractivity contribution in [2.75, 3.05) is 0 Å². The average molecular weight is 324 g/mol. The second-order valence-electron chi connectivity index (χ2n) is 4.17. The summed E-state index contributed by atoms with van der Waals surface area (Å²) in [6.07, 6.45) is 0. The quantitative estimate of drug-likeness (QED) is 0.438. The Labute approximate surface area is 134 Å². The fraction of sp³-hybridized carbons (Fsp3) is 0.0588. The molecule has 2 N–H and O–H groups in total. The molecule has 0 aliphatic carbocycles. The molecule has 0 radical (unpaired) electrons. The van der Waals surface area contributed by atoms with Crippen LogP contribution in [-0.4, -0.2) is 10.2 Å². The Hall–Kier alpha value is -2.16. The Balaban J connectivity index is 0.000000313. The zero-order valence-corrected chi connectivity index (χ0v) is 12.4. The van der Waals surface area contributed by atoms with E-state index < -0.39 is 0 Å². The van der Waals surface area contributed by atoms with Gasteiger partial charge in [0.1, 0.15) is 0 Å². The van der Waals surface area contributed by atoms with Crippen LogP contribution in [0.5, 0.6) is 17.2 Å². The van der Waals surface area contributed by atoms with Gasteiger partial charge in [0.05, 0.1) is 6.61 Å². The van der Waals surface area contributed by atoms with E-state index in [4.69, 9.17) is 4.74 Å². The summed E-state index contributed by atoms with van der Waals surface area (Å²) in [5, 5.41) is 18.7. The van der Waals surface area contributed by atoms with Crippen LogP contribution in [0.3, 0.4) is 0 Å². The number of rotatable bonds is 3. The number of phenols is 2. The summed E-state index contributed by atoms with van der Waals surface area (Å²) < 4.78 is 5.35. The maximum absolute atomic E-state index is 9.45. The zero-order valence-electron chi connectivity index (χ0n) is 11.3. The normalized spacial score (nSPS) is 9.14. The molecule has 4 heteroatoms. The van der Waals surface area contributed by atoms with Crippen LogP contribution in [0.25, 0.3) is 0 Å². The van der Waals surface area contributed by atoms with E-state index in [0.717, 1.165) is 5.56 Å². The van der Waals surface area contributed by atoms with E-state index >= 15 is 0 Å². The second-order valence-corrected chi connectivity index (χ2v) is 4.17. The molecule has 3 aromatic carbocycles. The molecular formula is C17H16FeO3-6. The third-order valence-corrected chi connectivity index (χ3v) is 2.66. The van der Waals surface area contributed by atoms with E-state index in [-0.39, 0.29) is 34.3 Å². The third kappa shape index (κ3) is 5.38. The topological polar surface area (TPSA) is 49.7 Å². The van der Waals surface area contributed by atoms with Gasteiger partial charge in [-0.25, -0.2) is 12.1 Å². The molecule has 0 unspecified atom stereocenters. The van der Waals surface area contributed by atoms with Crippen LogP contribution in [0.15, 0.2) is 72.8 Å². The maximum Gasteiger partial charge on any atom is 0.200 e. The molecule has 0 spiro atoms. The van der Waals surface area contributed by atoms with Crippen molar-refractivity contribution < 1.29 is 32.0 Å². The molecule has 116 valence electrons. The van der Waals surface area contributed by atoms with Crippen molar-refractivity contribution in [3.63, 3.8) is 0 Å². The van der Waals surface area contributed by atoms with Gasteiger partial charge in [0.15, 0.2) is 17.2 Å². The van der Waals surface area contributed by atoms with Gasteiger partial charge in [-0.15, -0.1) is 5.56 Å². The number of aromatic hydroxyl groups is 2. The van der Waals surface area contributed by atoms with Gasteiger partial charge in [-0.1, -0.05) is 6.07 Å². The minimum atomic E-state index is -0.218. The second kappa shape index (κ2) is 8.90. The standard InChI is InChI=1S/C12H11O3.C5H5.Fe/c13-10-6-3-7-11(12(10)14)15-8-9-4-1-2-5-9;1-2-4-5-3-1;/h1-7,13-14H,8H2;1-5H;/q-1;-5;. The number of hydrogen-bond acceptors (Lipinski definition) is 3. The molecule has 0 aliphatic heterocycles. The smallest absolute Gasteiger partial charge is 0.200 e. The summed E-state index contributed by atoms with van der Waals surface area (Å²) in [5.74, 6) is -0.102. The van der Waals surface area contributed by atoms with Crippen LogP contribution in [0.4, 0.5) is 0 Å². The number of phenolic OH excluding ortho intramolecular Hbond substituents is 2. The van der Waals surface area contributed by atoms with Gasteiger partial charge in [0.25, 0.3) is 0 Å². The largest absolute Gasteiger partial charge is 0.748 e. The van der Waals surface area contributed by atoms with Crippen LogP contribution >= 0.6 is 0 Å². The predicted molar refractivity (Wildman–Crippen MR) is 78.2 cm³/mol. The van der Waals surface area contributed by atoms with E-state index in [1.54, 1.807) is 12.1 Å². The monoisotopic (exact) mass is 324 g/mol. The van der Waals surface area contributed by atoms with Crippen molar-refractivity contribution in [3.05, 3.63) is 78.4 Å². The van der Waals surface area contributed by atoms with Crippen molar-refractivity contribution in [1.29, 1.82) is 0 Å². The predicted octanol–water partition coefficient (Wildman–Crippen LogP) is 3.80. The van der Waals surface area contributed by atoms with Crippen molar-refractivity contribution in [2.45, 2.75) is 6.61 Å². The third-order valence-electron chi connectivity index (χ3n) is 2.66. The zero-order chi connectivity index (χ0) is 14.2. The van der Waals surface area contributed by atoms with Crippen LogP contribution in [0.2, 0.25) is 0 Å². The Morgan fingerprint density at radius 2 is 1.48 bits per heavy atom. The first-order valence-corrected chi connectivity index (χ1v) is 6.28. The SMILES string of the molecule is Oc1cccc(OC[c-]2cccc2)c1O.[Fe].[cH-]1[cH-][cH-][cH-][cH-]1.